The monoisotopic (exact) mass is 459 g/mol. The first-order chi connectivity index (χ1) is 14.1. The summed E-state index contributed by atoms with van der Waals surface area (Å²) in [6.45, 7) is 1.60. The lowest BCUT2D eigenvalue weighted by atomic mass is 10.2. The van der Waals surface area contributed by atoms with E-state index in [0.29, 0.717) is 0 Å². The van der Waals surface area contributed by atoms with Gasteiger partial charge in [-0.05, 0) is 24.6 Å². The second kappa shape index (κ2) is 8.56. The number of carbonyl (C=O) groups is 1. The number of hydrogen-bond acceptors (Lipinski definition) is 9. The number of hydrogen-bond donors (Lipinski definition) is 3. The summed E-state index contributed by atoms with van der Waals surface area (Å²) in [5.74, 6) is -0.182. The van der Waals surface area contributed by atoms with Crippen LogP contribution in [0.25, 0.3) is 0 Å². The largest absolute Gasteiger partial charge is 0.513 e. The maximum absolute atomic E-state index is 12.8. The van der Waals surface area contributed by atoms with Crippen molar-refractivity contribution in [3.63, 3.8) is 0 Å². The number of aromatic nitrogens is 1. The molecule has 2 atom stereocenters. The Hall–Kier alpha value is -2.10. The van der Waals surface area contributed by atoms with Crippen molar-refractivity contribution in [2.75, 3.05) is 6.61 Å². The predicted molar refractivity (Wildman–Crippen MR) is 102 cm³/mol. The van der Waals surface area contributed by atoms with Gasteiger partial charge in [0, 0.05) is 18.8 Å². The summed E-state index contributed by atoms with van der Waals surface area (Å²) in [5, 5.41) is 7.59. The van der Waals surface area contributed by atoms with E-state index in [-0.39, 0.29) is 23.5 Å². The van der Waals surface area contributed by atoms with E-state index < -0.39 is 39.1 Å². The number of aliphatic hydroxyl groups is 1. The third kappa shape index (κ3) is 4.33. The first-order valence-electron chi connectivity index (χ1n) is 8.67. The summed E-state index contributed by atoms with van der Waals surface area (Å²) < 4.78 is 45.4. The molecule has 162 valence electrons. The van der Waals surface area contributed by atoms with Crippen LogP contribution in [-0.4, -0.2) is 37.7 Å². The van der Waals surface area contributed by atoms with Gasteiger partial charge in [0.2, 0.25) is 6.29 Å². The van der Waals surface area contributed by atoms with Gasteiger partial charge in [0.1, 0.15) is 5.75 Å². The molecule has 0 bridgehead atoms. The Kier molecular flexibility index (Phi) is 6.45. The molecule has 0 spiro atoms. The van der Waals surface area contributed by atoms with Gasteiger partial charge in [-0.25, -0.2) is 4.79 Å². The van der Waals surface area contributed by atoms with Crippen molar-refractivity contribution >= 4 is 21.3 Å². The van der Waals surface area contributed by atoms with Crippen LogP contribution in [-0.2, 0) is 29.3 Å². The predicted octanol–water partition coefficient (Wildman–Crippen LogP) is 2.92. The molecule has 1 aromatic carbocycles. The number of para-hydroxylation sites is 1. The van der Waals surface area contributed by atoms with Gasteiger partial charge < -0.3 is 24.4 Å². The topological polar surface area (TPSA) is 162 Å². The highest BCUT2D eigenvalue weighted by Crippen LogP contribution is 2.79. The maximum atomic E-state index is 12.8. The fourth-order valence-corrected chi connectivity index (χ4v) is 6.27. The minimum Gasteiger partial charge on any atom is -0.434 e. The molecule has 2 heterocycles. The Bertz CT molecular complexity index is 989. The minimum atomic E-state index is -5.17. The second-order valence-corrected chi connectivity index (χ2v) is 10.6. The van der Waals surface area contributed by atoms with E-state index in [1.54, 1.807) is 6.92 Å². The van der Waals surface area contributed by atoms with Crippen LogP contribution in [0.3, 0.4) is 0 Å². The van der Waals surface area contributed by atoms with Crippen LogP contribution in [0.15, 0.2) is 48.8 Å². The van der Waals surface area contributed by atoms with Gasteiger partial charge in [0.25, 0.3) is 5.08 Å². The lowest BCUT2D eigenvalue weighted by Gasteiger charge is -2.41. The third-order valence-corrected chi connectivity index (χ3v) is 8.77. The molecule has 0 saturated carbocycles. The number of benzene rings is 1. The van der Waals surface area contributed by atoms with Gasteiger partial charge in [-0.15, -0.1) is 0 Å². The Morgan fingerprint density at radius 2 is 1.83 bits per heavy atom. The molecular weight excluding hydrogens is 440 g/mol. The zero-order valence-electron chi connectivity index (χ0n) is 15.7. The Morgan fingerprint density at radius 3 is 2.43 bits per heavy atom. The maximum Gasteiger partial charge on any atom is 0.513 e. The lowest BCUT2D eigenvalue weighted by Crippen LogP contribution is -2.38. The van der Waals surface area contributed by atoms with E-state index in [4.69, 9.17) is 13.8 Å². The molecule has 3 rings (SSSR count). The summed E-state index contributed by atoms with van der Waals surface area (Å²) in [6.07, 6.45) is -0.984. The first kappa shape index (κ1) is 22.6. The van der Waals surface area contributed by atoms with E-state index in [1.807, 2.05) is 0 Å². The van der Waals surface area contributed by atoms with Crippen molar-refractivity contribution in [2.45, 2.75) is 24.7 Å². The second-order valence-electron chi connectivity index (χ2n) is 6.22. The fraction of sp³-hybridized carbons (Fsp3) is 0.294. The van der Waals surface area contributed by atoms with Crippen molar-refractivity contribution in [1.82, 2.24) is 4.98 Å². The molecule has 0 amide bonds. The molecule has 30 heavy (non-hydrogen) atoms. The number of carbonyl (C=O) groups excluding carboxylic acids is 1. The quantitative estimate of drug-likeness (QED) is 0.342. The van der Waals surface area contributed by atoms with E-state index in [2.05, 4.69) is 9.72 Å². The van der Waals surface area contributed by atoms with Crippen molar-refractivity contribution in [3.05, 3.63) is 59.9 Å². The molecule has 0 aliphatic carbocycles. The van der Waals surface area contributed by atoms with E-state index in [9.17, 15) is 28.8 Å². The highest BCUT2D eigenvalue weighted by Gasteiger charge is 2.67. The summed E-state index contributed by atoms with van der Waals surface area (Å²) in [7, 11) is -10.3. The average Bonchev–Trinajstić information content (AvgIpc) is 2.67. The Labute approximate surface area is 171 Å². The van der Waals surface area contributed by atoms with E-state index in [1.165, 1.54) is 48.8 Å². The molecule has 0 radical (unpaired) electrons. The number of rotatable bonds is 5. The van der Waals surface area contributed by atoms with Gasteiger partial charge in [0.05, 0.1) is 12.2 Å². The Balaban J connectivity index is 1.94. The van der Waals surface area contributed by atoms with E-state index >= 15 is 0 Å². The third-order valence-electron chi connectivity index (χ3n) is 4.17. The first-order valence-corrected chi connectivity index (χ1v) is 11.8. The van der Waals surface area contributed by atoms with Crippen LogP contribution >= 0.6 is 15.2 Å². The normalized spacial score (nSPS) is 31.1. The summed E-state index contributed by atoms with van der Waals surface area (Å²) in [6, 6.07) is 8.47. The van der Waals surface area contributed by atoms with Crippen LogP contribution < -0.4 is 4.74 Å². The zero-order valence-corrected chi connectivity index (χ0v) is 17.4. The highest BCUT2D eigenvalue weighted by molar-refractivity contribution is 7.73. The van der Waals surface area contributed by atoms with Gasteiger partial charge in [-0.3, -0.25) is 23.2 Å². The molecule has 1 aliphatic rings. The number of pyridine rings is 1. The summed E-state index contributed by atoms with van der Waals surface area (Å²) in [4.78, 5) is 36.2. The standard InChI is InChI=1S/C17H19NO10P2/c1-2-25-16(19)26-14-8-4-3-7-13(14)15-27-29(21,22)17(20,30(23,24)28-15)10-12-6-5-9-18-11-12/h3-9,11,15,20H,2,10H2,1H3,(H,21,22)(H,23,24). The number of ether oxygens (including phenoxy) is 2. The minimum absolute atomic E-state index is 0.0382. The summed E-state index contributed by atoms with van der Waals surface area (Å²) >= 11 is 0. The SMILES string of the molecule is CCOC(=O)Oc1ccccc1C1OP(=O)(O)C(O)(Cc2cccnc2)P(=O)(O)O1. The van der Waals surface area contributed by atoms with Gasteiger partial charge in [-0.2, -0.15) is 0 Å². The lowest BCUT2D eigenvalue weighted by molar-refractivity contribution is -0.0588. The zero-order chi connectivity index (χ0) is 22.0. The van der Waals surface area contributed by atoms with Crippen LogP contribution in [0.4, 0.5) is 4.79 Å². The molecule has 2 unspecified atom stereocenters. The van der Waals surface area contributed by atoms with Gasteiger partial charge in [0.15, 0.2) is 0 Å². The molecule has 1 aromatic heterocycles. The molecule has 2 aromatic rings. The number of nitrogens with zero attached hydrogens (tertiary/aromatic N) is 1. The van der Waals surface area contributed by atoms with Gasteiger partial charge >= 0.3 is 21.3 Å². The van der Waals surface area contributed by atoms with Gasteiger partial charge in [-0.1, -0.05) is 24.3 Å². The molecule has 3 N–H and O–H groups in total. The van der Waals surface area contributed by atoms with Crippen LogP contribution in [0.1, 0.15) is 24.3 Å². The van der Waals surface area contributed by atoms with Crippen LogP contribution in [0.5, 0.6) is 5.75 Å². The highest BCUT2D eigenvalue weighted by atomic mass is 31.2. The van der Waals surface area contributed by atoms with Crippen molar-refractivity contribution in [3.8, 4) is 5.75 Å². The van der Waals surface area contributed by atoms with Crippen LogP contribution in [0, 0.1) is 0 Å². The Morgan fingerprint density at radius 1 is 1.17 bits per heavy atom. The summed E-state index contributed by atoms with van der Waals surface area (Å²) in [5.41, 5.74) is 0.0813. The van der Waals surface area contributed by atoms with Crippen molar-refractivity contribution < 1.29 is 47.3 Å². The van der Waals surface area contributed by atoms with Crippen molar-refractivity contribution in [1.29, 1.82) is 0 Å². The molecular formula is C17H19NO10P2. The average molecular weight is 459 g/mol. The molecule has 1 aliphatic heterocycles. The fourth-order valence-electron chi connectivity index (χ4n) is 2.70. The molecule has 1 saturated heterocycles. The van der Waals surface area contributed by atoms with Crippen molar-refractivity contribution in [2.24, 2.45) is 0 Å². The smallest absolute Gasteiger partial charge is 0.434 e. The molecule has 11 nitrogen and oxygen atoms in total. The molecule has 1 fully saturated rings. The van der Waals surface area contributed by atoms with E-state index in [0.717, 1.165) is 0 Å². The van der Waals surface area contributed by atoms with Crippen LogP contribution in [0.2, 0.25) is 0 Å². The molecule has 13 heteroatoms.